The molecule has 0 spiro atoms. The van der Waals surface area contributed by atoms with Crippen LogP contribution in [-0.2, 0) is 27.6 Å². The number of ether oxygens (including phenoxy) is 2. The van der Waals surface area contributed by atoms with Crippen LogP contribution >= 0.6 is 0 Å². The van der Waals surface area contributed by atoms with E-state index in [2.05, 4.69) is 0 Å². The van der Waals surface area contributed by atoms with Gasteiger partial charge in [0.2, 0.25) is 5.91 Å². The molecule has 7 nitrogen and oxygen atoms in total. The van der Waals surface area contributed by atoms with Gasteiger partial charge in [0.1, 0.15) is 6.61 Å². The summed E-state index contributed by atoms with van der Waals surface area (Å²) >= 11 is 0. The molecule has 0 N–H and O–H groups in total. The second-order valence-electron chi connectivity index (χ2n) is 8.70. The normalized spacial score (nSPS) is 21.9. The van der Waals surface area contributed by atoms with Crippen molar-refractivity contribution in [2.45, 2.75) is 32.2 Å². The van der Waals surface area contributed by atoms with Gasteiger partial charge in [0, 0.05) is 7.05 Å². The van der Waals surface area contributed by atoms with Gasteiger partial charge in [-0.05, 0) is 35.7 Å². The van der Waals surface area contributed by atoms with Crippen LogP contribution in [0, 0.1) is 5.92 Å². The first-order valence-electron chi connectivity index (χ1n) is 11.8. The molecule has 2 heterocycles. The Hall–Kier alpha value is -3.68. The van der Waals surface area contributed by atoms with Gasteiger partial charge in [0.25, 0.3) is 5.91 Å². The van der Waals surface area contributed by atoms with Crippen LogP contribution in [0.3, 0.4) is 0 Å². The number of hydroxylamine groups is 2. The van der Waals surface area contributed by atoms with Crippen molar-refractivity contribution in [3.63, 3.8) is 0 Å². The van der Waals surface area contributed by atoms with Crippen molar-refractivity contribution in [2.24, 2.45) is 5.92 Å². The molecule has 0 unspecified atom stereocenters. The van der Waals surface area contributed by atoms with Gasteiger partial charge in [-0.3, -0.25) is 19.3 Å². The van der Waals surface area contributed by atoms with Crippen LogP contribution in [-0.4, -0.2) is 41.5 Å². The highest BCUT2D eigenvalue weighted by molar-refractivity contribution is 6.07. The van der Waals surface area contributed by atoms with Crippen LogP contribution in [0.15, 0.2) is 78.9 Å². The van der Waals surface area contributed by atoms with E-state index in [0.717, 1.165) is 16.7 Å². The second-order valence-corrected chi connectivity index (χ2v) is 8.70. The molecule has 3 aromatic rings. The molecule has 7 heteroatoms. The van der Waals surface area contributed by atoms with Crippen molar-refractivity contribution < 1.29 is 23.9 Å². The minimum absolute atomic E-state index is 0.222. The first-order valence-corrected chi connectivity index (χ1v) is 11.8. The topological polar surface area (TPSA) is 68.3 Å². The summed E-state index contributed by atoms with van der Waals surface area (Å²) in [4.78, 5) is 33.7. The van der Waals surface area contributed by atoms with Gasteiger partial charge >= 0.3 is 0 Å². The van der Waals surface area contributed by atoms with E-state index < -0.39 is 18.1 Å². The van der Waals surface area contributed by atoms with Crippen LogP contribution in [0.1, 0.15) is 29.7 Å². The van der Waals surface area contributed by atoms with E-state index in [9.17, 15) is 9.59 Å². The zero-order valence-corrected chi connectivity index (χ0v) is 19.8. The lowest BCUT2D eigenvalue weighted by Crippen LogP contribution is -2.35. The number of hydrogen-bond acceptors (Lipinski definition) is 6. The van der Waals surface area contributed by atoms with Crippen molar-refractivity contribution in [1.82, 2.24) is 9.96 Å². The predicted molar refractivity (Wildman–Crippen MR) is 129 cm³/mol. The average Bonchev–Trinajstić information content (AvgIpc) is 3.33. The molecule has 2 aliphatic rings. The number of hydrogen-bond donors (Lipinski definition) is 0. The lowest BCUT2D eigenvalue weighted by Gasteiger charge is -2.25. The zero-order valence-electron chi connectivity index (χ0n) is 19.8. The Bertz CT molecular complexity index is 1200. The summed E-state index contributed by atoms with van der Waals surface area (Å²) in [6, 6.07) is 24.6. The van der Waals surface area contributed by atoms with Gasteiger partial charge in [0.05, 0.1) is 25.1 Å². The van der Waals surface area contributed by atoms with Gasteiger partial charge in [-0.25, -0.2) is 0 Å². The molecule has 2 aliphatic heterocycles. The van der Waals surface area contributed by atoms with Crippen molar-refractivity contribution in [3.8, 4) is 11.5 Å². The smallest absolute Gasteiger partial charge is 0.261 e. The molecule has 0 bridgehead atoms. The highest BCUT2D eigenvalue weighted by Crippen LogP contribution is 2.45. The summed E-state index contributed by atoms with van der Waals surface area (Å²) in [5.41, 5.74) is 2.79. The monoisotopic (exact) mass is 472 g/mol. The molecule has 35 heavy (non-hydrogen) atoms. The summed E-state index contributed by atoms with van der Waals surface area (Å²) in [5, 5.41) is 1.61. The lowest BCUT2D eigenvalue weighted by atomic mass is 9.91. The summed E-state index contributed by atoms with van der Waals surface area (Å²) < 4.78 is 11.9. The Kier molecular flexibility index (Phi) is 6.53. The number of fused-ring (bicyclic) bond motifs is 1. The molecule has 3 aromatic carbocycles. The minimum Gasteiger partial charge on any atom is -0.490 e. The van der Waals surface area contributed by atoms with Crippen molar-refractivity contribution >= 4 is 11.8 Å². The van der Waals surface area contributed by atoms with E-state index in [1.807, 2.05) is 85.8 Å². The fourth-order valence-corrected chi connectivity index (χ4v) is 4.78. The number of amides is 2. The number of carbonyl (C=O) groups is 2. The Morgan fingerprint density at radius 1 is 0.829 bits per heavy atom. The number of imide groups is 1. The lowest BCUT2D eigenvalue weighted by molar-refractivity contribution is -0.170. The van der Waals surface area contributed by atoms with Crippen LogP contribution in [0.25, 0.3) is 0 Å². The second kappa shape index (κ2) is 9.90. The molecule has 180 valence electrons. The third kappa shape index (κ3) is 4.52. The van der Waals surface area contributed by atoms with Crippen LogP contribution in [0.5, 0.6) is 11.5 Å². The maximum atomic E-state index is 13.4. The third-order valence-corrected chi connectivity index (χ3v) is 6.43. The predicted octanol–water partition coefficient (Wildman–Crippen LogP) is 4.14. The Morgan fingerprint density at radius 2 is 1.51 bits per heavy atom. The third-order valence-electron chi connectivity index (χ3n) is 6.43. The minimum atomic E-state index is -0.828. The van der Waals surface area contributed by atoms with Gasteiger partial charge in [0.15, 0.2) is 17.6 Å². The maximum Gasteiger partial charge on any atom is 0.261 e. The van der Waals surface area contributed by atoms with E-state index in [1.54, 1.807) is 12.1 Å². The highest BCUT2D eigenvalue weighted by Gasteiger charge is 2.58. The van der Waals surface area contributed by atoms with E-state index in [1.165, 1.54) is 4.90 Å². The quantitative estimate of drug-likeness (QED) is 0.459. The van der Waals surface area contributed by atoms with Gasteiger partial charge < -0.3 is 9.47 Å². The van der Waals surface area contributed by atoms with Crippen molar-refractivity contribution in [2.75, 3.05) is 13.7 Å². The largest absolute Gasteiger partial charge is 0.490 e. The standard InChI is InChI=1S/C28H28N2O5/c1-3-33-23-16-21(14-15-22(23)34-18-20-12-8-5-9-13-20)25-24-26(35-29(25)2)28(32)30(27(24)31)17-19-10-6-4-7-11-19/h4-16,24-26H,3,17-18H2,1-2H3/t24-,25+,26+/m1/s1. The highest BCUT2D eigenvalue weighted by atomic mass is 16.7. The van der Waals surface area contributed by atoms with E-state index in [0.29, 0.717) is 24.7 Å². The van der Waals surface area contributed by atoms with Crippen LogP contribution in [0.2, 0.25) is 0 Å². The summed E-state index contributed by atoms with van der Waals surface area (Å²) in [7, 11) is 1.76. The number of nitrogens with zero attached hydrogens (tertiary/aromatic N) is 2. The first-order chi connectivity index (χ1) is 17.1. The van der Waals surface area contributed by atoms with E-state index in [-0.39, 0.29) is 18.4 Å². The molecule has 5 rings (SSSR count). The molecule has 2 fully saturated rings. The summed E-state index contributed by atoms with van der Waals surface area (Å²) in [6.45, 7) is 3.03. The number of likely N-dealkylation sites (tertiary alicyclic amines) is 1. The van der Waals surface area contributed by atoms with Crippen LogP contribution in [0.4, 0.5) is 0 Å². The number of benzene rings is 3. The first kappa shape index (κ1) is 23.1. The summed E-state index contributed by atoms with van der Waals surface area (Å²) in [6.07, 6.45) is -0.828. The molecule has 0 saturated carbocycles. The molecule has 2 amide bonds. The SMILES string of the molecule is CCOc1cc([C@H]2[C@H]3C(=O)N(Cc4ccccc4)C(=O)[C@H]3ON2C)ccc1OCc1ccccc1. The Morgan fingerprint density at radius 3 is 2.20 bits per heavy atom. The fourth-order valence-electron chi connectivity index (χ4n) is 4.78. The zero-order chi connectivity index (χ0) is 24.4. The fraction of sp³-hybridized carbons (Fsp3) is 0.286. The molecular formula is C28H28N2O5. The molecule has 2 saturated heterocycles. The number of carbonyl (C=O) groups excluding carboxylic acids is 2. The summed E-state index contributed by atoms with van der Waals surface area (Å²) in [5.74, 6) is 0.0705. The Balaban J connectivity index is 1.39. The maximum absolute atomic E-state index is 13.4. The van der Waals surface area contributed by atoms with Crippen molar-refractivity contribution in [1.29, 1.82) is 0 Å². The average molecular weight is 473 g/mol. The van der Waals surface area contributed by atoms with Crippen molar-refractivity contribution in [3.05, 3.63) is 95.6 Å². The molecule has 0 aromatic heterocycles. The molecular weight excluding hydrogens is 444 g/mol. The van der Waals surface area contributed by atoms with Crippen LogP contribution < -0.4 is 9.47 Å². The van der Waals surface area contributed by atoms with Gasteiger partial charge in [-0.15, -0.1) is 0 Å². The van der Waals surface area contributed by atoms with Gasteiger partial charge in [-0.2, -0.15) is 5.06 Å². The number of rotatable bonds is 8. The van der Waals surface area contributed by atoms with E-state index in [4.69, 9.17) is 14.3 Å². The Labute approximate surface area is 204 Å². The van der Waals surface area contributed by atoms with E-state index >= 15 is 0 Å². The van der Waals surface area contributed by atoms with Gasteiger partial charge in [-0.1, -0.05) is 66.7 Å². The molecule has 0 radical (unpaired) electrons. The molecule has 3 atom stereocenters. The molecule has 0 aliphatic carbocycles.